The minimum absolute atomic E-state index is 0.0335. The quantitative estimate of drug-likeness (QED) is 0.632. The molecule has 1 atom stereocenters. The molecule has 0 aromatic rings. The first-order valence-corrected chi connectivity index (χ1v) is 3.82. The van der Waals surface area contributed by atoms with Crippen LogP contribution in [0.15, 0.2) is 24.3 Å². The molecule has 0 fully saturated rings. The largest absolute Gasteiger partial charge is 0.353 e. The molecule has 0 saturated heterocycles. The van der Waals surface area contributed by atoms with Crippen LogP contribution >= 0.6 is 0 Å². The van der Waals surface area contributed by atoms with Crippen molar-refractivity contribution in [1.29, 1.82) is 0 Å². The zero-order valence-electron chi connectivity index (χ0n) is 6.87. The van der Waals surface area contributed by atoms with Crippen LogP contribution in [0.4, 0.5) is 0 Å². The molecule has 1 unspecified atom stereocenters. The highest BCUT2D eigenvalue weighted by Gasteiger charge is 2.13. The van der Waals surface area contributed by atoms with Crippen LogP contribution in [0.2, 0.25) is 0 Å². The van der Waals surface area contributed by atoms with Crippen molar-refractivity contribution in [2.75, 3.05) is 0 Å². The van der Waals surface area contributed by atoms with Crippen LogP contribution in [-0.2, 0) is 4.79 Å². The Morgan fingerprint density at radius 3 is 2.45 bits per heavy atom. The first kappa shape index (κ1) is 8.05. The Bertz CT molecular complexity index is 194. The summed E-state index contributed by atoms with van der Waals surface area (Å²) in [6.45, 7) is 3.55. The summed E-state index contributed by atoms with van der Waals surface area (Å²) >= 11 is 0. The van der Waals surface area contributed by atoms with Gasteiger partial charge in [0.2, 0.25) is 5.91 Å². The van der Waals surface area contributed by atoms with Crippen molar-refractivity contribution in [1.82, 2.24) is 5.32 Å². The Kier molecular flexibility index (Phi) is 2.47. The monoisotopic (exact) mass is 151 g/mol. The van der Waals surface area contributed by atoms with Crippen LogP contribution in [0.25, 0.3) is 0 Å². The molecule has 1 N–H and O–H groups in total. The first-order valence-electron chi connectivity index (χ1n) is 3.82. The molecule has 0 aromatic heterocycles. The minimum Gasteiger partial charge on any atom is -0.353 e. The van der Waals surface area contributed by atoms with Gasteiger partial charge in [0.1, 0.15) is 0 Å². The van der Waals surface area contributed by atoms with Gasteiger partial charge in [-0.1, -0.05) is 24.3 Å². The molecule has 2 nitrogen and oxygen atoms in total. The summed E-state index contributed by atoms with van der Waals surface area (Å²) in [7, 11) is 0. The van der Waals surface area contributed by atoms with E-state index in [4.69, 9.17) is 0 Å². The van der Waals surface area contributed by atoms with Gasteiger partial charge < -0.3 is 5.32 Å². The van der Waals surface area contributed by atoms with Gasteiger partial charge in [-0.25, -0.2) is 0 Å². The van der Waals surface area contributed by atoms with Gasteiger partial charge in [0.05, 0.1) is 0 Å². The number of hydrogen-bond donors (Lipinski definition) is 1. The standard InChI is InChI=1S/C9H13NO/c1-7(10-8(2)11)9-5-3-4-6-9/h3-7,9H,1-2H3,(H,10,11). The number of nitrogens with one attached hydrogen (secondary N) is 1. The number of rotatable bonds is 2. The summed E-state index contributed by atoms with van der Waals surface area (Å²) in [5.41, 5.74) is 0. The molecule has 1 rings (SSSR count). The van der Waals surface area contributed by atoms with E-state index < -0.39 is 0 Å². The molecule has 0 heterocycles. The van der Waals surface area contributed by atoms with E-state index in [0.717, 1.165) is 0 Å². The fraction of sp³-hybridized carbons (Fsp3) is 0.444. The molecule has 0 saturated carbocycles. The summed E-state index contributed by atoms with van der Waals surface area (Å²) in [5.74, 6) is 0.407. The van der Waals surface area contributed by atoms with Crippen LogP contribution in [-0.4, -0.2) is 11.9 Å². The van der Waals surface area contributed by atoms with E-state index in [1.54, 1.807) is 6.92 Å². The molecule has 0 aliphatic heterocycles. The van der Waals surface area contributed by atoms with Gasteiger partial charge in [-0.15, -0.1) is 0 Å². The maximum atomic E-state index is 10.7. The van der Waals surface area contributed by atoms with Crippen molar-refractivity contribution in [3.05, 3.63) is 24.3 Å². The fourth-order valence-electron chi connectivity index (χ4n) is 1.20. The lowest BCUT2D eigenvalue weighted by molar-refractivity contribution is -0.119. The molecule has 2 heteroatoms. The lowest BCUT2D eigenvalue weighted by atomic mass is 10.0. The number of allylic oxidation sites excluding steroid dienone is 2. The van der Waals surface area contributed by atoms with E-state index >= 15 is 0 Å². The van der Waals surface area contributed by atoms with E-state index in [2.05, 4.69) is 17.5 Å². The van der Waals surface area contributed by atoms with Crippen LogP contribution in [0.5, 0.6) is 0 Å². The van der Waals surface area contributed by atoms with Gasteiger partial charge in [-0.3, -0.25) is 4.79 Å². The van der Waals surface area contributed by atoms with Crippen molar-refractivity contribution in [2.24, 2.45) is 5.92 Å². The van der Waals surface area contributed by atoms with E-state index in [9.17, 15) is 4.79 Å². The average molecular weight is 151 g/mol. The average Bonchev–Trinajstić information content (AvgIpc) is 2.35. The molecular formula is C9H13NO. The highest BCUT2D eigenvalue weighted by atomic mass is 16.1. The summed E-state index contributed by atoms with van der Waals surface area (Å²) in [6, 6.07) is 0.211. The molecular weight excluding hydrogens is 138 g/mol. The Morgan fingerprint density at radius 2 is 2.00 bits per heavy atom. The number of carbonyl (C=O) groups excluding carboxylic acids is 1. The molecule has 1 aliphatic rings. The zero-order chi connectivity index (χ0) is 8.27. The highest BCUT2D eigenvalue weighted by Crippen LogP contribution is 2.12. The van der Waals surface area contributed by atoms with Crippen LogP contribution in [0.1, 0.15) is 13.8 Å². The van der Waals surface area contributed by atoms with Crippen molar-refractivity contribution in [3.8, 4) is 0 Å². The topological polar surface area (TPSA) is 29.1 Å². The second kappa shape index (κ2) is 3.37. The second-order valence-corrected chi connectivity index (χ2v) is 2.84. The smallest absolute Gasteiger partial charge is 0.217 e. The van der Waals surface area contributed by atoms with Crippen molar-refractivity contribution >= 4 is 5.91 Å². The second-order valence-electron chi connectivity index (χ2n) is 2.84. The molecule has 11 heavy (non-hydrogen) atoms. The Labute approximate surface area is 67.0 Å². The molecule has 1 amide bonds. The molecule has 1 aliphatic carbocycles. The Hall–Kier alpha value is -1.05. The van der Waals surface area contributed by atoms with E-state index in [0.29, 0.717) is 5.92 Å². The maximum Gasteiger partial charge on any atom is 0.217 e. The molecule has 0 radical (unpaired) electrons. The van der Waals surface area contributed by atoms with Crippen LogP contribution in [0.3, 0.4) is 0 Å². The van der Waals surface area contributed by atoms with Crippen LogP contribution in [0, 0.1) is 5.92 Å². The lowest BCUT2D eigenvalue weighted by Gasteiger charge is -2.16. The SMILES string of the molecule is CC(=O)NC(C)C1C=CC=C1. The lowest BCUT2D eigenvalue weighted by Crippen LogP contribution is -2.34. The van der Waals surface area contributed by atoms with Crippen molar-refractivity contribution < 1.29 is 4.79 Å². The van der Waals surface area contributed by atoms with E-state index in [1.165, 1.54) is 0 Å². The first-order chi connectivity index (χ1) is 5.20. The fourth-order valence-corrected chi connectivity index (χ4v) is 1.20. The Morgan fingerprint density at radius 1 is 1.45 bits per heavy atom. The summed E-state index contributed by atoms with van der Waals surface area (Å²) in [5, 5.41) is 2.84. The highest BCUT2D eigenvalue weighted by molar-refractivity contribution is 5.73. The third-order valence-corrected chi connectivity index (χ3v) is 1.79. The summed E-state index contributed by atoms with van der Waals surface area (Å²) < 4.78 is 0. The minimum atomic E-state index is 0.0335. The summed E-state index contributed by atoms with van der Waals surface area (Å²) in [4.78, 5) is 10.7. The van der Waals surface area contributed by atoms with Crippen molar-refractivity contribution in [3.63, 3.8) is 0 Å². The van der Waals surface area contributed by atoms with E-state index in [-0.39, 0.29) is 11.9 Å². The predicted molar refractivity (Wildman–Crippen MR) is 45.0 cm³/mol. The third kappa shape index (κ3) is 2.22. The van der Waals surface area contributed by atoms with Gasteiger partial charge in [-0.2, -0.15) is 0 Å². The van der Waals surface area contributed by atoms with Gasteiger partial charge in [-0.05, 0) is 6.92 Å². The zero-order valence-corrected chi connectivity index (χ0v) is 6.87. The molecule has 0 aromatic carbocycles. The van der Waals surface area contributed by atoms with Crippen LogP contribution < -0.4 is 5.32 Å². The predicted octanol–water partition coefficient (Wildman–Crippen LogP) is 1.25. The maximum absolute atomic E-state index is 10.7. The number of amides is 1. The van der Waals surface area contributed by atoms with Gasteiger partial charge in [0.25, 0.3) is 0 Å². The molecule has 0 bridgehead atoms. The number of hydrogen-bond acceptors (Lipinski definition) is 1. The van der Waals surface area contributed by atoms with Crippen molar-refractivity contribution in [2.45, 2.75) is 19.9 Å². The molecule has 0 spiro atoms. The van der Waals surface area contributed by atoms with Gasteiger partial charge in [0, 0.05) is 18.9 Å². The van der Waals surface area contributed by atoms with Gasteiger partial charge >= 0.3 is 0 Å². The van der Waals surface area contributed by atoms with Gasteiger partial charge in [0.15, 0.2) is 0 Å². The molecule has 60 valence electrons. The summed E-state index contributed by atoms with van der Waals surface area (Å²) in [6.07, 6.45) is 8.17. The van der Waals surface area contributed by atoms with E-state index in [1.807, 2.05) is 19.1 Å². The Balaban J connectivity index is 2.41. The third-order valence-electron chi connectivity index (χ3n) is 1.79. The normalized spacial score (nSPS) is 18.7. The number of carbonyl (C=O) groups is 1.